The fourth-order valence-electron chi connectivity index (χ4n) is 1.99. The van der Waals surface area contributed by atoms with Crippen LogP contribution in [-0.2, 0) is 6.54 Å². The molecule has 0 spiro atoms. The van der Waals surface area contributed by atoms with Gasteiger partial charge in [0.2, 0.25) is 0 Å². The Morgan fingerprint density at radius 3 is 2.58 bits per heavy atom. The smallest absolute Gasteiger partial charge is 0.159 e. The largest absolute Gasteiger partial charge is 0.496 e. The van der Waals surface area contributed by atoms with Gasteiger partial charge < -0.3 is 9.84 Å². The summed E-state index contributed by atoms with van der Waals surface area (Å²) in [5.41, 5.74) is 1.65. The molecule has 4 heteroatoms. The Labute approximate surface area is 115 Å². The van der Waals surface area contributed by atoms with Crippen LogP contribution in [0.2, 0.25) is 0 Å². The Bertz CT molecular complexity index is 429. The monoisotopic (exact) mass is 265 g/mol. The first-order chi connectivity index (χ1) is 8.99. The number of nitrogens with zero attached hydrogens (tertiary/aromatic N) is 1. The van der Waals surface area contributed by atoms with Gasteiger partial charge in [-0.2, -0.15) is 0 Å². The lowest BCUT2D eigenvalue weighted by atomic mass is 10.1. The maximum absolute atomic E-state index is 11.4. The fourth-order valence-corrected chi connectivity index (χ4v) is 1.99. The molecule has 4 nitrogen and oxygen atoms in total. The predicted octanol–water partition coefficient (Wildman–Crippen LogP) is 2.10. The van der Waals surface area contributed by atoms with Crippen LogP contribution in [0.3, 0.4) is 0 Å². The normalized spacial score (nSPS) is 11.1. The number of carbonyl (C=O) groups excluding carboxylic acids is 1. The van der Waals surface area contributed by atoms with Crippen molar-refractivity contribution in [3.05, 3.63) is 29.3 Å². The molecule has 1 aromatic carbocycles. The van der Waals surface area contributed by atoms with E-state index in [4.69, 9.17) is 9.84 Å². The zero-order valence-electron chi connectivity index (χ0n) is 12.1. The Balaban J connectivity index is 3.01. The van der Waals surface area contributed by atoms with Gasteiger partial charge in [-0.1, -0.05) is 0 Å². The summed E-state index contributed by atoms with van der Waals surface area (Å²) in [5.74, 6) is 0.816. The maximum Gasteiger partial charge on any atom is 0.159 e. The van der Waals surface area contributed by atoms with E-state index in [-0.39, 0.29) is 12.4 Å². The van der Waals surface area contributed by atoms with Crippen molar-refractivity contribution in [2.75, 3.05) is 20.3 Å². The van der Waals surface area contributed by atoms with E-state index in [9.17, 15) is 4.79 Å². The predicted molar refractivity (Wildman–Crippen MR) is 75.6 cm³/mol. The SMILES string of the molecule is COc1ccc(C(C)=O)cc1CN(CCO)C(C)C. The number of hydrogen-bond acceptors (Lipinski definition) is 4. The second kappa shape index (κ2) is 7.26. The van der Waals surface area contributed by atoms with Gasteiger partial charge >= 0.3 is 0 Å². The lowest BCUT2D eigenvalue weighted by molar-refractivity contribution is 0.101. The van der Waals surface area contributed by atoms with Crippen LogP contribution < -0.4 is 4.74 Å². The minimum atomic E-state index is 0.0437. The summed E-state index contributed by atoms with van der Waals surface area (Å²) in [6.45, 7) is 7.09. The highest BCUT2D eigenvalue weighted by Crippen LogP contribution is 2.22. The molecule has 1 aromatic rings. The Kier molecular flexibility index (Phi) is 5.99. The molecule has 0 fully saturated rings. The molecule has 1 rings (SSSR count). The van der Waals surface area contributed by atoms with Gasteiger partial charge in [-0.3, -0.25) is 9.69 Å². The molecule has 0 unspecified atom stereocenters. The number of carbonyl (C=O) groups is 1. The number of methoxy groups -OCH3 is 1. The molecule has 0 aliphatic heterocycles. The van der Waals surface area contributed by atoms with E-state index < -0.39 is 0 Å². The van der Waals surface area contributed by atoms with Crippen molar-refractivity contribution >= 4 is 5.78 Å². The zero-order valence-corrected chi connectivity index (χ0v) is 12.1. The molecule has 0 aliphatic carbocycles. The van der Waals surface area contributed by atoms with Gasteiger partial charge in [-0.05, 0) is 39.0 Å². The average molecular weight is 265 g/mol. The third-order valence-corrected chi connectivity index (χ3v) is 3.18. The highest BCUT2D eigenvalue weighted by atomic mass is 16.5. The second-order valence-electron chi connectivity index (χ2n) is 4.87. The summed E-state index contributed by atoms with van der Waals surface area (Å²) in [6.07, 6.45) is 0. The van der Waals surface area contributed by atoms with Crippen molar-refractivity contribution in [2.45, 2.75) is 33.4 Å². The van der Waals surface area contributed by atoms with Crippen LogP contribution in [0, 0.1) is 0 Å². The summed E-state index contributed by atoms with van der Waals surface area (Å²) < 4.78 is 5.34. The van der Waals surface area contributed by atoms with Gasteiger partial charge in [0.25, 0.3) is 0 Å². The number of aliphatic hydroxyl groups excluding tert-OH is 1. The molecule has 106 valence electrons. The molecule has 0 heterocycles. The van der Waals surface area contributed by atoms with E-state index in [0.29, 0.717) is 24.7 Å². The average Bonchev–Trinajstić information content (AvgIpc) is 2.37. The fraction of sp³-hybridized carbons (Fsp3) is 0.533. The minimum Gasteiger partial charge on any atom is -0.496 e. The van der Waals surface area contributed by atoms with Crippen LogP contribution in [0.15, 0.2) is 18.2 Å². The molecule has 0 radical (unpaired) electrons. The third kappa shape index (κ3) is 4.33. The summed E-state index contributed by atoms with van der Waals surface area (Å²) in [5, 5.41) is 9.11. The maximum atomic E-state index is 11.4. The van der Waals surface area contributed by atoms with Crippen molar-refractivity contribution in [3.63, 3.8) is 0 Å². The highest BCUT2D eigenvalue weighted by molar-refractivity contribution is 5.94. The van der Waals surface area contributed by atoms with Crippen LogP contribution >= 0.6 is 0 Å². The number of ketones is 1. The van der Waals surface area contributed by atoms with Crippen molar-refractivity contribution in [3.8, 4) is 5.75 Å². The first-order valence-corrected chi connectivity index (χ1v) is 6.52. The molecule has 0 saturated heterocycles. The molecule has 0 aromatic heterocycles. The van der Waals surface area contributed by atoms with E-state index >= 15 is 0 Å². The van der Waals surface area contributed by atoms with Gasteiger partial charge in [0.15, 0.2) is 5.78 Å². The molecule has 1 N–H and O–H groups in total. The van der Waals surface area contributed by atoms with Gasteiger partial charge in [0.1, 0.15) is 5.75 Å². The van der Waals surface area contributed by atoms with Gasteiger partial charge in [-0.15, -0.1) is 0 Å². The van der Waals surface area contributed by atoms with E-state index in [1.54, 1.807) is 20.1 Å². The van der Waals surface area contributed by atoms with Crippen molar-refractivity contribution in [2.24, 2.45) is 0 Å². The van der Waals surface area contributed by atoms with E-state index in [2.05, 4.69) is 18.7 Å². The number of Topliss-reactive ketones (excluding diaryl/α,β-unsaturated/α-hetero) is 1. The summed E-state index contributed by atoms with van der Waals surface area (Å²) in [6, 6.07) is 5.78. The Morgan fingerprint density at radius 1 is 1.42 bits per heavy atom. The van der Waals surface area contributed by atoms with Crippen LogP contribution in [0.25, 0.3) is 0 Å². The van der Waals surface area contributed by atoms with Crippen molar-refractivity contribution in [1.29, 1.82) is 0 Å². The molecule has 19 heavy (non-hydrogen) atoms. The molecule has 0 saturated carbocycles. The minimum absolute atomic E-state index is 0.0437. The van der Waals surface area contributed by atoms with E-state index in [0.717, 1.165) is 11.3 Å². The highest BCUT2D eigenvalue weighted by Gasteiger charge is 2.14. The first-order valence-electron chi connectivity index (χ1n) is 6.52. The Morgan fingerprint density at radius 2 is 2.11 bits per heavy atom. The zero-order chi connectivity index (χ0) is 14.4. The summed E-state index contributed by atoms with van der Waals surface area (Å²) >= 11 is 0. The molecular formula is C15H23NO3. The van der Waals surface area contributed by atoms with Gasteiger partial charge in [0, 0.05) is 30.3 Å². The molecule has 0 aliphatic rings. The molecule has 0 amide bonds. The van der Waals surface area contributed by atoms with Crippen LogP contribution in [0.1, 0.15) is 36.7 Å². The lowest BCUT2D eigenvalue weighted by Gasteiger charge is -2.26. The van der Waals surface area contributed by atoms with Crippen molar-refractivity contribution in [1.82, 2.24) is 4.90 Å². The van der Waals surface area contributed by atoms with Crippen LogP contribution in [0.4, 0.5) is 0 Å². The lowest BCUT2D eigenvalue weighted by Crippen LogP contribution is -2.33. The number of benzene rings is 1. The third-order valence-electron chi connectivity index (χ3n) is 3.18. The first kappa shape index (κ1) is 15.7. The summed E-state index contributed by atoms with van der Waals surface area (Å²) in [7, 11) is 1.62. The standard InChI is InChI=1S/C15H23NO3/c1-11(2)16(7-8-17)10-14-9-13(12(3)18)5-6-15(14)19-4/h5-6,9,11,17H,7-8,10H2,1-4H3. The van der Waals surface area contributed by atoms with Crippen LogP contribution in [-0.4, -0.2) is 42.1 Å². The quantitative estimate of drug-likeness (QED) is 0.767. The number of rotatable bonds is 7. The Hall–Kier alpha value is -1.39. The number of hydrogen-bond donors (Lipinski definition) is 1. The van der Waals surface area contributed by atoms with Gasteiger partial charge in [-0.25, -0.2) is 0 Å². The summed E-state index contributed by atoms with van der Waals surface area (Å²) in [4.78, 5) is 13.6. The second-order valence-corrected chi connectivity index (χ2v) is 4.87. The molecule has 0 bridgehead atoms. The molecular weight excluding hydrogens is 242 g/mol. The van der Waals surface area contributed by atoms with Crippen LogP contribution in [0.5, 0.6) is 5.75 Å². The van der Waals surface area contributed by atoms with Gasteiger partial charge in [0.05, 0.1) is 13.7 Å². The van der Waals surface area contributed by atoms with E-state index in [1.165, 1.54) is 0 Å². The molecule has 0 atom stereocenters. The van der Waals surface area contributed by atoms with E-state index in [1.807, 2.05) is 12.1 Å². The topological polar surface area (TPSA) is 49.8 Å². The van der Waals surface area contributed by atoms with Crippen molar-refractivity contribution < 1.29 is 14.6 Å². The number of ether oxygens (including phenoxy) is 1. The number of aliphatic hydroxyl groups is 1.